The van der Waals surface area contributed by atoms with Crippen LogP contribution in [-0.2, 0) is 6.54 Å². The highest BCUT2D eigenvalue weighted by molar-refractivity contribution is 5.87. The van der Waals surface area contributed by atoms with E-state index in [9.17, 15) is 0 Å². The van der Waals surface area contributed by atoms with Gasteiger partial charge in [0.2, 0.25) is 0 Å². The Balaban J connectivity index is 1.74. The van der Waals surface area contributed by atoms with Crippen molar-refractivity contribution in [3.05, 3.63) is 84.1 Å². The number of hydrogen-bond acceptors (Lipinski definition) is 5. The second kappa shape index (κ2) is 7.68. The molecule has 0 aliphatic carbocycles. The predicted octanol–water partition coefficient (Wildman–Crippen LogP) is 5.26. The summed E-state index contributed by atoms with van der Waals surface area (Å²) in [6.45, 7) is 2.37. The van der Waals surface area contributed by atoms with Crippen molar-refractivity contribution in [3.63, 3.8) is 0 Å². The van der Waals surface area contributed by atoms with Gasteiger partial charge in [-0.15, -0.1) is 0 Å². The predicted molar refractivity (Wildman–Crippen MR) is 115 cm³/mol. The Morgan fingerprint density at radius 3 is 2.61 bits per heavy atom. The van der Waals surface area contributed by atoms with Crippen LogP contribution in [0.2, 0.25) is 0 Å². The molecule has 154 valence electrons. The van der Waals surface area contributed by atoms with E-state index in [2.05, 4.69) is 9.97 Å². The summed E-state index contributed by atoms with van der Waals surface area (Å²) in [5.74, 6) is 0.461. The van der Waals surface area contributed by atoms with Crippen molar-refractivity contribution >= 4 is 11.2 Å². The molecule has 0 amide bonds. The van der Waals surface area contributed by atoms with E-state index in [1.165, 1.54) is 7.11 Å². The molecule has 0 atom stereocenters. The van der Waals surface area contributed by atoms with E-state index in [1.807, 2.05) is 34.9 Å². The van der Waals surface area contributed by atoms with Crippen LogP contribution in [-0.4, -0.2) is 26.6 Å². The first-order valence-corrected chi connectivity index (χ1v) is 9.80. The first-order valence-electron chi connectivity index (χ1n) is 9.80. The summed E-state index contributed by atoms with van der Waals surface area (Å²) in [7, 11) is 1.45. The van der Waals surface area contributed by atoms with Gasteiger partial charge in [-0.1, -0.05) is 36.4 Å². The molecule has 0 aliphatic heterocycles. The molecule has 0 saturated heterocycles. The van der Waals surface area contributed by atoms with Gasteiger partial charge in [-0.25, -0.2) is 19.3 Å². The summed E-state index contributed by atoms with van der Waals surface area (Å²) < 4.78 is 28.0. The minimum atomic E-state index is -0.499. The number of nitrogens with zero attached hydrogens (tertiary/aromatic N) is 4. The Bertz CT molecular complexity index is 1360. The third kappa shape index (κ3) is 3.34. The number of benzene rings is 2. The molecule has 3 aromatic heterocycles. The average Bonchev–Trinajstić information content (AvgIpc) is 3.45. The lowest BCUT2D eigenvalue weighted by Crippen LogP contribution is -2.03. The largest absolute Gasteiger partial charge is 0.493 e. The Labute approximate surface area is 178 Å². The van der Waals surface area contributed by atoms with Crippen molar-refractivity contribution in [2.24, 2.45) is 0 Å². The Hall–Kier alpha value is -4.00. The molecule has 6 nitrogen and oxygen atoms in total. The van der Waals surface area contributed by atoms with Crippen molar-refractivity contribution in [2.45, 2.75) is 13.5 Å². The maximum atomic E-state index is 15.2. The molecule has 0 unspecified atom stereocenters. The molecule has 0 fully saturated rings. The van der Waals surface area contributed by atoms with Crippen molar-refractivity contribution in [2.75, 3.05) is 7.11 Å². The summed E-state index contributed by atoms with van der Waals surface area (Å²) in [5.41, 5.74) is 3.75. The summed E-state index contributed by atoms with van der Waals surface area (Å²) >= 11 is 0. The average molecular weight is 414 g/mol. The monoisotopic (exact) mass is 414 g/mol. The smallest absolute Gasteiger partial charge is 0.176 e. The molecule has 2 aromatic carbocycles. The molecular formula is C24H19FN4O2. The van der Waals surface area contributed by atoms with Gasteiger partial charge in [-0.2, -0.15) is 0 Å². The van der Waals surface area contributed by atoms with Gasteiger partial charge in [0, 0.05) is 0 Å². The minimum absolute atomic E-state index is 0.179. The van der Waals surface area contributed by atoms with E-state index >= 15 is 4.39 Å². The van der Waals surface area contributed by atoms with Gasteiger partial charge < -0.3 is 13.7 Å². The zero-order valence-corrected chi connectivity index (χ0v) is 17.0. The highest BCUT2D eigenvalue weighted by Crippen LogP contribution is 2.33. The topological polar surface area (TPSA) is 66.0 Å². The van der Waals surface area contributed by atoms with E-state index in [1.54, 1.807) is 43.8 Å². The third-order valence-corrected chi connectivity index (χ3v) is 5.15. The van der Waals surface area contributed by atoms with Gasteiger partial charge in [0.05, 0.1) is 31.8 Å². The molecule has 3 heterocycles. The SMILES string of the molecule is COc1c(C)ccc(-c2nc(-c3ccco3)c3ncn(Cc4ccccc4)c3n2)c1F. The van der Waals surface area contributed by atoms with E-state index in [-0.39, 0.29) is 17.1 Å². The fourth-order valence-electron chi connectivity index (χ4n) is 3.62. The molecule has 31 heavy (non-hydrogen) atoms. The Kier molecular flexibility index (Phi) is 4.71. The highest BCUT2D eigenvalue weighted by atomic mass is 19.1. The molecule has 5 rings (SSSR count). The summed E-state index contributed by atoms with van der Waals surface area (Å²) in [5, 5.41) is 0. The number of methoxy groups -OCH3 is 1. The lowest BCUT2D eigenvalue weighted by Gasteiger charge is -2.11. The van der Waals surface area contributed by atoms with Crippen LogP contribution in [0, 0.1) is 12.7 Å². The van der Waals surface area contributed by atoms with Crippen LogP contribution >= 0.6 is 0 Å². The summed E-state index contributed by atoms with van der Waals surface area (Å²) in [6, 6.07) is 17.0. The first-order chi connectivity index (χ1) is 15.2. The zero-order valence-electron chi connectivity index (χ0n) is 17.0. The van der Waals surface area contributed by atoms with Crippen LogP contribution in [0.15, 0.2) is 71.6 Å². The van der Waals surface area contributed by atoms with E-state index in [0.717, 1.165) is 5.56 Å². The lowest BCUT2D eigenvalue weighted by molar-refractivity contribution is 0.384. The number of imidazole rings is 1. The van der Waals surface area contributed by atoms with Gasteiger partial charge in [-0.05, 0) is 36.2 Å². The summed E-state index contributed by atoms with van der Waals surface area (Å²) in [6.07, 6.45) is 3.29. The minimum Gasteiger partial charge on any atom is -0.493 e. The number of hydrogen-bond donors (Lipinski definition) is 0. The van der Waals surface area contributed by atoms with Crippen LogP contribution in [0.5, 0.6) is 5.75 Å². The molecular weight excluding hydrogens is 395 g/mol. The van der Waals surface area contributed by atoms with E-state index in [4.69, 9.17) is 14.1 Å². The standard InChI is InChI=1S/C24H19FN4O2/c1-15-10-11-17(19(25)22(15)30-2)23-27-20(18-9-6-12-31-18)21-24(28-23)29(14-26-21)13-16-7-4-3-5-8-16/h3-12,14H,13H2,1-2H3. The molecule has 0 radical (unpaired) electrons. The summed E-state index contributed by atoms with van der Waals surface area (Å²) in [4.78, 5) is 13.8. The van der Waals surface area contributed by atoms with Gasteiger partial charge in [0.25, 0.3) is 0 Å². The van der Waals surface area contributed by atoms with Crippen LogP contribution in [0.3, 0.4) is 0 Å². The number of aryl methyl sites for hydroxylation is 1. The van der Waals surface area contributed by atoms with Crippen LogP contribution in [0.1, 0.15) is 11.1 Å². The second-order valence-corrected chi connectivity index (χ2v) is 7.18. The molecule has 5 aromatic rings. The van der Waals surface area contributed by atoms with Crippen molar-refractivity contribution in [1.82, 2.24) is 19.5 Å². The Morgan fingerprint density at radius 1 is 1.03 bits per heavy atom. The van der Waals surface area contributed by atoms with Crippen molar-refractivity contribution in [1.29, 1.82) is 0 Å². The third-order valence-electron chi connectivity index (χ3n) is 5.15. The number of ether oxygens (including phenoxy) is 1. The quantitative estimate of drug-likeness (QED) is 0.393. The number of aromatic nitrogens is 4. The Morgan fingerprint density at radius 2 is 1.87 bits per heavy atom. The molecule has 7 heteroatoms. The van der Waals surface area contributed by atoms with E-state index < -0.39 is 5.82 Å². The van der Waals surface area contributed by atoms with Crippen molar-refractivity contribution < 1.29 is 13.5 Å². The van der Waals surface area contributed by atoms with Gasteiger partial charge in [0.15, 0.2) is 28.8 Å². The lowest BCUT2D eigenvalue weighted by atomic mass is 10.1. The van der Waals surface area contributed by atoms with Gasteiger partial charge in [-0.3, -0.25) is 0 Å². The molecule has 0 aliphatic rings. The van der Waals surface area contributed by atoms with E-state index in [0.29, 0.717) is 34.7 Å². The maximum absolute atomic E-state index is 15.2. The fourth-order valence-corrected chi connectivity index (χ4v) is 3.62. The number of rotatable bonds is 5. The van der Waals surface area contributed by atoms with Gasteiger partial charge >= 0.3 is 0 Å². The first kappa shape index (κ1) is 19.0. The zero-order chi connectivity index (χ0) is 21.4. The fraction of sp³-hybridized carbons (Fsp3) is 0.125. The van der Waals surface area contributed by atoms with Crippen LogP contribution < -0.4 is 4.74 Å². The molecule has 0 saturated carbocycles. The maximum Gasteiger partial charge on any atom is 0.176 e. The highest BCUT2D eigenvalue weighted by Gasteiger charge is 2.21. The van der Waals surface area contributed by atoms with Gasteiger partial charge in [0.1, 0.15) is 11.2 Å². The second-order valence-electron chi connectivity index (χ2n) is 7.18. The molecule has 0 spiro atoms. The van der Waals surface area contributed by atoms with Crippen LogP contribution in [0.4, 0.5) is 4.39 Å². The number of fused-ring (bicyclic) bond motifs is 1. The van der Waals surface area contributed by atoms with Crippen molar-refractivity contribution in [3.8, 4) is 28.6 Å². The normalized spacial score (nSPS) is 11.2. The number of halogens is 1. The number of furan rings is 1. The molecule has 0 N–H and O–H groups in total. The van der Waals surface area contributed by atoms with Crippen LogP contribution in [0.25, 0.3) is 34.0 Å². The molecule has 0 bridgehead atoms.